The van der Waals surface area contributed by atoms with E-state index in [1.807, 2.05) is 0 Å². The van der Waals surface area contributed by atoms with Crippen LogP contribution in [0.5, 0.6) is 0 Å². The van der Waals surface area contributed by atoms with Crippen molar-refractivity contribution in [3.63, 3.8) is 0 Å². The Bertz CT molecular complexity index is 611. The lowest BCUT2D eigenvalue weighted by Crippen LogP contribution is -2.31. The second kappa shape index (κ2) is 7.09. The van der Waals surface area contributed by atoms with Crippen LogP contribution in [-0.2, 0) is 12.8 Å². The molecule has 2 aromatic carbocycles. The van der Waals surface area contributed by atoms with Gasteiger partial charge in [-0.25, -0.2) is 13.2 Å². The maximum Gasteiger partial charge on any atom is 0.129 e. The van der Waals surface area contributed by atoms with Crippen LogP contribution in [0.2, 0.25) is 0 Å². The first-order chi connectivity index (χ1) is 10.0. The zero-order valence-electron chi connectivity index (χ0n) is 11.5. The van der Waals surface area contributed by atoms with Crippen LogP contribution in [0.4, 0.5) is 13.2 Å². The molecule has 2 rings (SSSR count). The Morgan fingerprint density at radius 2 is 1.67 bits per heavy atom. The molecular formula is C16H15BrF3N. The van der Waals surface area contributed by atoms with Crippen molar-refractivity contribution >= 4 is 15.9 Å². The fourth-order valence-electron chi connectivity index (χ4n) is 2.20. The number of hydrogen-bond donors (Lipinski definition) is 1. The number of likely N-dealkylation sites (N-methyl/N-ethyl adjacent to an activating group) is 1. The van der Waals surface area contributed by atoms with Gasteiger partial charge in [0.25, 0.3) is 0 Å². The third-order valence-corrected chi connectivity index (χ3v) is 3.90. The van der Waals surface area contributed by atoms with Crippen molar-refractivity contribution in [2.45, 2.75) is 18.9 Å². The number of hydrogen-bond acceptors (Lipinski definition) is 1. The zero-order chi connectivity index (χ0) is 15.4. The molecule has 0 saturated heterocycles. The molecule has 0 bridgehead atoms. The summed E-state index contributed by atoms with van der Waals surface area (Å²) in [6, 6.07) is 8.32. The van der Waals surface area contributed by atoms with Gasteiger partial charge in [-0.1, -0.05) is 28.1 Å². The average Bonchev–Trinajstić information content (AvgIpc) is 2.44. The summed E-state index contributed by atoms with van der Waals surface area (Å²) in [7, 11) is 1.69. The van der Waals surface area contributed by atoms with Crippen molar-refractivity contribution in [1.82, 2.24) is 5.32 Å². The van der Waals surface area contributed by atoms with E-state index in [2.05, 4.69) is 21.2 Å². The second-order valence-corrected chi connectivity index (χ2v) is 5.75. The molecule has 0 fully saturated rings. The molecule has 0 saturated carbocycles. The summed E-state index contributed by atoms with van der Waals surface area (Å²) >= 11 is 3.20. The maximum absolute atomic E-state index is 13.8. The highest BCUT2D eigenvalue weighted by Gasteiger charge is 2.16. The predicted octanol–water partition coefficient (Wildman–Crippen LogP) is 4.24. The van der Waals surface area contributed by atoms with Gasteiger partial charge in [-0.3, -0.25) is 0 Å². The Labute approximate surface area is 130 Å². The van der Waals surface area contributed by atoms with E-state index in [9.17, 15) is 13.2 Å². The fourth-order valence-corrected chi connectivity index (χ4v) is 2.54. The molecular weight excluding hydrogens is 343 g/mol. The topological polar surface area (TPSA) is 12.0 Å². The Kier molecular flexibility index (Phi) is 5.42. The lowest BCUT2D eigenvalue weighted by atomic mass is 9.98. The van der Waals surface area contributed by atoms with Crippen LogP contribution in [-0.4, -0.2) is 13.1 Å². The molecule has 2 aromatic rings. The summed E-state index contributed by atoms with van der Waals surface area (Å²) in [4.78, 5) is 0. The van der Waals surface area contributed by atoms with Crippen LogP contribution in [0.3, 0.4) is 0 Å². The van der Waals surface area contributed by atoms with Gasteiger partial charge in [-0.05, 0) is 49.7 Å². The fraction of sp³-hybridized carbons (Fsp3) is 0.250. The van der Waals surface area contributed by atoms with Gasteiger partial charge in [0.05, 0.1) is 0 Å². The van der Waals surface area contributed by atoms with Crippen LogP contribution in [0.25, 0.3) is 0 Å². The van der Waals surface area contributed by atoms with E-state index in [4.69, 9.17) is 0 Å². The number of rotatable bonds is 5. The first-order valence-electron chi connectivity index (χ1n) is 6.55. The molecule has 1 atom stereocenters. The molecule has 112 valence electrons. The van der Waals surface area contributed by atoms with Crippen LogP contribution in [0.15, 0.2) is 40.9 Å². The Hall–Kier alpha value is -1.33. The highest BCUT2D eigenvalue weighted by molar-refractivity contribution is 9.10. The van der Waals surface area contributed by atoms with Gasteiger partial charge in [0.2, 0.25) is 0 Å². The Morgan fingerprint density at radius 3 is 2.24 bits per heavy atom. The quantitative estimate of drug-likeness (QED) is 0.843. The minimum atomic E-state index is -0.577. The summed E-state index contributed by atoms with van der Waals surface area (Å²) < 4.78 is 41.8. The molecule has 0 aliphatic heterocycles. The summed E-state index contributed by atoms with van der Waals surface area (Å²) in [5, 5.41) is 2.98. The Morgan fingerprint density at radius 1 is 1.00 bits per heavy atom. The van der Waals surface area contributed by atoms with Crippen molar-refractivity contribution in [3.8, 4) is 0 Å². The number of nitrogens with one attached hydrogen (secondary N) is 1. The molecule has 0 amide bonds. The first kappa shape index (κ1) is 16.0. The van der Waals surface area contributed by atoms with Crippen LogP contribution in [0.1, 0.15) is 11.1 Å². The molecule has 1 unspecified atom stereocenters. The van der Waals surface area contributed by atoms with Crippen LogP contribution >= 0.6 is 15.9 Å². The molecule has 0 spiro atoms. The van der Waals surface area contributed by atoms with E-state index in [1.54, 1.807) is 19.2 Å². The monoisotopic (exact) mass is 357 g/mol. The van der Waals surface area contributed by atoms with E-state index in [0.29, 0.717) is 16.5 Å². The molecule has 5 heteroatoms. The van der Waals surface area contributed by atoms with Crippen molar-refractivity contribution < 1.29 is 13.2 Å². The minimum Gasteiger partial charge on any atom is -0.316 e. The lowest BCUT2D eigenvalue weighted by molar-refractivity contribution is 0.494. The van der Waals surface area contributed by atoms with Gasteiger partial charge < -0.3 is 5.32 Å². The average molecular weight is 358 g/mol. The first-order valence-corrected chi connectivity index (χ1v) is 7.34. The smallest absolute Gasteiger partial charge is 0.129 e. The summed E-state index contributed by atoms with van der Waals surface area (Å²) in [5.74, 6) is -1.49. The molecule has 0 aromatic heterocycles. The molecule has 1 N–H and O–H groups in total. The van der Waals surface area contributed by atoms with E-state index in [1.165, 1.54) is 24.3 Å². The zero-order valence-corrected chi connectivity index (χ0v) is 13.1. The summed E-state index contributed by atoms with van der Waals surface area (Å²) in [5.41, 5.74) is 0.531. The van der Waals surface area contributed by atoms with Gasteiger partial charge in [0.15, 0.2) is 0 Å². The van der Waals surface area contributed by atoms with Crippen molar-refractivity contribution in [1.29, 1.82) is 0 Å². The number of halogens is 4. The summed E-state index contributed by atoms with van der Waals surface area (Å²) in [6.45, 7) is 0. The van der Waals surface area contributed by atoms with Crippen LogP contribution in [0, 0.1) is 17.5 Å². The highest BCUT2D eigenvalue weighted by Crippen LogP contribution is 2.19. The van der Waals surface area contributed by atoms with Gasteiger partial charge in [0.1, 0.15) is 17.5 Å². The SMILES string of the molecule is CNC(Cc1ccc(Br)cc1F)Cc1c(F)cccc1F. The van der Waals surface area contributed by atoms with Gasteiger partial charge in [0, 0.05) is 16.1 Å². The second-order valence-electron chi connectivity index (χ2n) is 4.83. The lowest BCUT2D eigenvalue weighted by Gasteiger charge is -2.17. The third-order valence-electron chi connectivity index (χ3n) is 3.40. The molecule has 0 radical (unpaired) electrons. The maximum atomic E-state index is 13.8. The molecule has 21 heavy (non-hydrogen) atoms. The van der Waals surface area contributed by atoms with Crippen molar-refractivity contribution in [2.24, 2.45) is 0 Å². The minimum absolute atomic E-state index is 0.0226. The van der Waals surface area contributed by atoms with Gasteiger partial charge in [-0.15, -0.1) is 0 Å². The van der Waals surface area contributed by atoms with E-state index < -0.39 is 11.6 Å². The standard InChI is InChI=1S/C16H15BrF3N/c1-21-12(7-10-5-6-11(17)8-16(10)20)9-13-14(18)3-2-4-15(13)19/h2-6,8,12,21H,7,9H2,1H3. The third kappa shape index (κ3) is 4.08. The predicted molar refractivity (Wildman–Crippen MR) is 80.7 cm³/mol. The highest BCUT2D eigenvalue weighted by atomic mass is 79.9. The summed E-state index contributed by atoms with van der Waals surface area (Å²) in [6.07, 6.45) is 0.508. The molecule has 0 heterocycles. The van der Waals surface area contributed by atoms with Crippen LogP contribution < -0.4 is 5.32 Å². The molecule has 0 aliphatic carbocycles. The molecule has 0 aliphatic rings. The van der Waals surface area contributed by atoms with Gasteiger partial charge in [-0.2, -0.15) is 0 Å². The molecule has 1 nitrogen and oxygen atoms in total. The Balaban J connectivity index is 2.17. The van der Waals surface area contributed by atoms with Gasteiger partial charge >= 0.3 is 0 Å². The van der Waals surface area contributed by atoms with E-state index >= 15 is 0 Å². The number of benzene rings is 2. The van der Waals surface area contributed by atoms with E-state index in [0.717, 1.165) is 0 Å². The van der Waals surface area contributed by atoms with E-state index in [-0.39, 0.29) is 23.8 Å². The van der Waals surface area contributed by atoms with Crippen molar-refractivity contribution in [3.05, 3.63) is 69.4 Å². The normalized spacial score (nSPS) is 12.4. The largest absolute Gasteiger partial charge is 0.316 e. The van der Waals surface area contributed by atoms with Crippen molar-refractivity contribution in [2.75, 3.05) is 7.05 Å².